The highest BCUT2D eigenvalue weighted by atomic mass is 79.9. The molecule has 1 N–H and O–H groups in total. The highest BCUT2D eigenvalue weighted by Gasteiger charge is 2.24. The van der Waals surface area contributed by atoms with Crippen molar-refractivity contribution in [3.63, 3.8) is 0 Å². The minimum atomic E-state index is 0.671. The first-order chi connectivity index (χ1) is 9.04. The summed E-state index contributed by atoms with van der Waals surface area (Å²) in [6.07, 6.45) is 1.36. The van der Waals surface area contributed by atoms with E-state index in [0.717, 1.165) is 35.2 Å². The molecule has 2 atom stereocenters. The number of likely N-dealkylation sites (tertiary alicyclic amines) is 1. The molecular formula is C15H22BrClNO+. The van der Waals surface area contributed by atoms with Gasteiger partial charge in [0.25, 0.3) is 0 Å². The van der Waals surface area contributed by atoms with Crippen molar-refractivity contribution in [3.8, 4) is 5.75 Å². The number of halogens is 2. The van der Waals surface area contributed by atoms with Crippen LogP contribution in [0.5, 0.6) is 5.75 Å². The second-order valence-electron chi connectivity index (χ2n) is 5.78. The zero-order valence-electron chi connectivity index (χ0n) is 11.6. The zero-order chi connectivity index (χ0) is 13.8. The molecule has 0 bridgehead atoms. The maximum atomic E-state index is 6.14. The van der Waals surface area contributed by atoms with Crippen LogP contribution in [0.15, 0.2) is 22.7 Å². The molecule has 1 aliphatic heterocycles. The van der Waals surface area contributed by atoms with Gasteiger partial charge in [-0.1, -0.05) is 41.4 Å². The number of rotatable bonds is 4. The Bertz CT molecular complexity index is 417. The second kappa shape index (κ2) is 6.96. The van der Waals surface area contributed by atoms with Gasteiger partial charge < -0.3 is 9.64 Å². The molecule has 1 aromatic carbocycles. The lowest BCUT2D eigenvalue weighted by molar-refractivity contribution is -0.912. The van der Waals surface area contributed by atoms with Crippen molar-refractivity contribution in [2.24, 2.45) is 11.8 Å². The highest BCUT2D eigenvalue weighted by Crippen LogP contribution is 2.27. The molecule has 0 amide bonds. The molecule has 0 spiro atoms. The first-order valence-corrected chi connectivity index (χ1v) is 8.13. The Hall–Kier alpha value is -0.250. The smallest absolute Gasteiger partial charge is 0.138 e. The summed E-state index contributed by atoms with van der Waals surface area (Å²) in [6, 6.07) is 5.75. The SMILES string of the molecule is C[C@H]1C[C@H](C)C[NH+](CCOc2ccc(Br)cc2Cl)C1. The number of hydrogen-bond acceptors (Lipinski definition) is 1. The first kappa shape index (κ1) is 15.1. The minimum absolute atomic E-state index is 0.671. The fourth-order valence-electron chi connectivity index (χ4n) is 3.02. The number of quaternary nitrogens is 1. The van der Waals surface area contributed by atoms with Gasteiger partial charge in [-0.15, -0.1) is 0 Å². The second-order valence-corrected chi connectivity index (χ2v) is 7.10. The number of nitrogens with one attached hydrogen (secondary N) is 1. The lowest BCUT2D eigenvalue weighted by Gasteiger charge is -2.31. The summed E-state index contributed by atoms with van der Waals surface area (Å²) in [5.41, 5.74) is 0. The van der Waals surface area contributed by atoms with Crippen LogP contribution in [0, 0.1) is 11.8 Å². The van der Waals surface area contributed by atoms with Crippen molar-refractivity contribution >= 4 is 27.5 Å². The number of ether oxygens (including phenoxy) is 1. The van der Waals surface area contributed by atoms with Gasteiger partial charge in [0.2, 0.25) is 0 Å². The maximum Gasteiger partial charge on any atom is 0.138 e. The predicted molar refractivity (Wildman–Crippen MR) is 83.2 cm³/mol. The molecule has 0 aromatic heterocycles. The van der Waals surface area contributed by atoms with Gasteiger partial charge in [-0.2, -0.15) is 0 Å². The standard InChI is InChI=1S/C15H21BrClNO/c1-11-7-12(2)10-18(9-11)5-6-19-15-4-3-13(16)8-14(15)17/h3-4,8,11-12H,5-7,9-10H2,1-2H3/p+1/t11-,12-/m0/s1. The Morgan fingerprint density at radius 2 is 2.00 bits per heavy atom. The van der Waals surface area contributed by atoms with Gasteiger partial charge >= 0.3 is 0 Å². The largest absolute Gasteiger partial charge is 0.486 e. The Morgan fingerprint density at radius 1 is 1.32 bits per heavy atom. The van der Waals surface area contributed by atoms with Crippen LogP contribution in [-0.2, 0) is 0 Å². The molecule has 0 saturated carbocycles. The van der Waals surface area contributed by atoms with Gasteiger partial charge in [0, 0.05) is 16.3 Å². The molecule has 2 rings (SSSR count). The molecule has 1 aromatic rings. The first-order valence-electron chi connectivity index (χ1n) is 6.96. The van der Waals surface area contributed by atoms with Gasteiger partial charge in [0.05, 0.1) is 18.1 Å². The topological polar surface area (TPSA) is 13.7 Å². The van der Waals surface area contributed by atoms with Crippen LogP contribution in [0.2, 0.25) is 5.02 Å². The van der Waals surface area contributed by atoms with Crippen molar-refractivity contribution in [3.05, 3.63) is 27.7 Å². The number of piperidine rings is 1. The normalized spacial score (nSPS) is 27.3. The minimum Gasteiger partial charge on any atom is -0.486 e. The zero-order valence-corrected chi connectivity index (χ0v) is 13.9. The monoisotopic (exact) mass is 346 g/mol. The van der Waals surface area contributed by atoms with Crippen LogP contribution in [-0.4, -0.2) is 26.2 Å². The number of benzene rings is 1. The molecule has 2 nitrogen and oxygen atoms in total. The van der Waals surface area contributed by atoms with E-state index in [1.807, 2.05) is 18.2 Å². The van der Waals surface area contributed by atoms with Crippen LogP contribution in [0.1, 0.15) is 20.3 Å². The molecule has 1 saturated heterocycles. The van der Waals surface area contributed by atoms with Crippen LogP contribution >= 0.6 is 27.5 Å². The average molecular weight is 348 g/mol. The summed E-state index contributed by atoms with van der Waals surface area (Å²) in [7, 11) is 0. The van der Waals surface area contributed by atoms with Crippen LogP contribution in [0.3, 0.4) is 0 Å². The van der Waals surface area contributed by atoms with Crippen molar-refractivity contribution in [1.82, 2.24) is 0 Å². The van der Waals surface area contributed by atoms with E-state index in [-0.39, 0.29) is 0 Å². The molecule has 4 heteroatoms. The van der Waals surface area contributed by atoms with Gasteiger partial charge in [-0.05, 0) is 24.6 Å². The third-order valence-corrected chi connectivity index (χ3v) is 4.47. The van der Waals surface area contributed by atoms with Gasteiger partial charge in [-0.25, -0.2) is 0 Å². The van der Waals surface area contributed by atoms with E-state index in [1.165, 1.54) is 19.5 Å². The molecular weight excluding hydrogens is 326 g/mol. The highest BCUT2D eigenvalue weighted by molar-refractivity contribution is 9.10. The van der Waals surface area contributed by atoms with E-state index in [4.69, 9.17) is 16.3 Å². The van der Waals surface area contributed by atoms with Crippen molar-refractivity contribution < 1.29 is 9.64 Å². The Morgan fingerprint density at radius 3 is 2.63 bits per heavy atom. The molecule has 1 fully saturated rings. The Kier molecular flexibility index (Phi) is 5.55. The molecule has 19 heavy (non-hydrogen) atoms. The quantitative estimate of drug-likeness (QED) is 0.884. The molecule has 0 radical (unpaired) electrons. The third kappa shape index (κ3) is 4.66. The Labute approximate surface area is 129 Å². The predicted octanol–water partition coefficient (Wildman–Crippen LogP) is 3.04. The van der Waals surface area contributed by atoms with Gasteiger partial charge in [-0.3, -0.25) is 0 Å². The molecule has 1 heterocycles. The van der Waals surface area contributed by atoms with E-state index in [1.54, 1.807) is 4.90 Å². The van der Waals surface area contributed by atoms with Crippen LogP contribution in [0.25, 0.3) is 0 Å². The van der Waals surface area contributed by atoms with Gasteiger partial charge in [0.15, 0.2) is 0 Å². The van der Waals surface area contributed by atoms with E-state index >= 15 is 0 Å². The molecule has 1 aliphatic rings. The average Bonchev–Trinajstić information content (AvgIpc) is 2.30. The summed E-state index contributed by atoms with van der Waals surface area (Å²) in [5.74, 6) is 2.44. The fraction of sp³-hybridized carbons (Fsp3) is 0.600. The van der Waals surface area contributed by atoms with E-state index < -0.39 is 0 Å². The van der Waals surface area contributed by atoms with Crippen molar-refractivity contribution in [2.75, 3.05) is 26.2 Å². The van der Waals surface area contributed by atoms with Crippen LogP contribution < -0.4 is 9.64 Å². The van der Waals surface area contributed by atoms with E-state index in [9.17, 15) is 0 Å². The molecule has 0 unspecified atom stereocenters. The van der Waals surface area contributed by atoms with E-state index in [0.29, 0.717) is 5.02 Å². The summed E-state index contributed by atoms with van der Waals surface area (Å²) in [6.45, 7) is 9.02. The van der Waals surface area contributed by atoms with Gasteiger partial charge in [0.1, 0.15) is 18.9 Å². The summed E-state index contributed by atoms with van der Waals surface area (Å²) >= 11 is 9.53. The summed E-state index contributed by atoms with van der Waals surface area (Å²) in [4.78, 5) is 1.65. The molecule has 0 aliphatic carbocycles. The third-order valence-electron chi connectivity index (χ3n) is 3.69. The molecule has 106 valence electrons. The maximum absolute atomic E-state index is 6.14. The van der Waals surface area contributed by atoms with Crippen LogP contribution in [0.4, 0.5) is 0 Å². The Balaban J connectivity index is 1.80. The van der Waals surface area contributed by atoms with Crippen molar-refractivity contribution in [1.29, 1.82) is 0 Å². The lowest BCUT2D eigenvalue weighted by atomic mass is 9.92. The fourth-order valence-corrected chi connectivity index (χ4v) is 3.75. The number of hydrogen-bond donors (Lipinski definition) is 1. The summed E-state index contributed by atoms with van der Waals surface area (Å²) < 4.78 is 6.77. The summed E-state index contributed by atoms with van der Waals surface area (Å²) in [5, 5.41) is 0.671. The van der Waals surface area contributed by atoms with E-state index in [2.05, 4.69) is 29.8 Å². The lowest BCUT2D eigenvalue weighted by Crippen LogP contribution is -3.14. The van der Waals surface area contributed by atoms with Crippen molar-refractivity contribution in [2.45, 2.75) is 20.3 Å².